The molecule has 1 aliphatic heterocycles. The predicted molar refractivity (Wildman–Crippen MR) is 72.1 cm³/mol. The predicted octanol–water partition coefficient (Wildman–Crippen LogP) is 0.916. The smallest absolute Gasteiger partial charge is 0.254 e. The summed E-state index contributed by atoms with van der Waals surface area (Å²) in [5.41, 5.74) is 0.845. The van der Waals surface area contributed by atoms with Crippen LogP contribution in [0.4, 0.5) is 0 Å². The molecule has 2 N–H and O–H groups in total. The number of piperidine rings is 1. The fourth-order valence-electron chi connectivity index (χ4n) is 2.59. The maximum absolute atomic E-state index is 12.5. The van der Waals surface area contributed by atoms with Crippen LogP contribution < -0.4 is 5.56 Å². The second-order valence-electron chi connectivity index (χ2n) is 5.35. The Morgan fingerprint density at radius 2 is 2.21 bits per heavy atom. The van der Waals surface area contributed by atoms with Gasteiger partial charge in [0.15, 0.2) is 0 Å². The summed E-state index contributed by atoms with van der Waals surface area (Å²) in [5, 5.41) is 9.24. The number of nitrogens with one attached hydrogen (secondary N) is 1. The lowest BCUT2D eigenvalue weighted by atomic mass is 9.93. The number of likely N-dealkylation sites (tertiary alicyclic amines) is 1. The third-order valence-corrected chi connectivity index (χ3v) is 3.72. The van der Waals surface area contributed by atoms with E-state index in [0.29, 0.717) is 17.8 Å². The first-order valence-electron chi connectivity index (χ1n) is 6.64. The molecule has 1 amide bonds. The molecule has 2 unspecified atom stereocenters. The van der Waals surface area contributed by atoms with Crippen LogP contribution in [0.2, 0.25) is 0 Å². The van der Waals surface area contributed by atoms with Gasteiger partial charge >= 0.3 is 0 Å². The lowest BCUT2D eigenvalue weighted by Crippen LogP contribution is -2.46. The molecule has 0 radical (unpaired) electrons. The highest BCUT2D eigenvalue weighted by Gasteiger charge is 2.29. The molecule has 5 heteroatoms. The average Bonchev–Trinajstić information content (AvgIpc) is 2.37. The first-order valence-corrected chi connectivity index (χ1v) is 6.64. The quantitative estimate of drug-likeness (QED) is 0.834. The van der Waals surface area contributed by atoms with E-state index in [2.05, 4.69) is 4.98 Å². The third kappa shape index (κ3) is 3.04. The number of aromatic amines is 1. The average molecular weight is 264 g/mol. The van der Waals surface area contributed by atoms with Gasteiger partial charge in [0, 0.05) is 36.5 Å². The van der Waals surface area contributed by atoms with Gasteiger partial charge in [-0.15, -0.1) is 0 Å². The van der Waals surface area contributed by atoms with E-state index in [1.807, 2.05) is 6.92 Å². The highest BCUT2D eigenvalue weighted by molar-refractivity contribution is 5.94. The number of carbonyl (C=O) groups excluding carboxylic acids is 1. The third-order valence-electron chi connectivity index (χ3n) is 3.72. The van der Waals surface area contributed by atoms with Gasteiger partial charge in [0.1, 0.15) is 0 Å². The summed E-state index contributed by atoms with van der Waals surface area (Å²) < 4.78 is 0. The molecule has 2 atom stereocenters. The van der Waals surface area contributed by atoms with Gasteiger partial charge in [-0.25, -0.2) is 0 Å². The Labute approximate surface area is 112 Å². The van der Waals surface area contributed by atoms with Gasteiger partial charge in [0.25, 0.3) is 5.91 Å². The number of rotatable bonds is 2. The summed E-state index contributed by atoms with van der Waals surface area (Å²) in [4.78, 5) is 28.3. The van der Waals surface area contributed by atoms with Crippen molar-refractivity contribution in [3.8, 4) is 0 Å². The van der Waals surface area contributed by atoms with E-state index in [0.717, 1.165) is 12.8 Å². The van der Waals surface area contributed by atoms with E-state index in [9.17, 15) is 14.7 Å². The van der Waals surface area contributed by atoms with Crippen molar-refractivity contribution in [1.29, 1.82) is 0 Å². The number of carbonyl (C=O) groups is 1. The fraction of sp³-hybridized carbons (Fsp3) is 0.571. The van der Waals surface area contributed by atoms with Gasteiger partial charge in [-0.1, -0.05) is 0 Å². The molecule has 0 spiro atoms. The van der Waals surface area contributed by atoms with Gasteiger partial charge in [-0.3, -0.25) is 9.59 Å². The van der Waals surface area contributed by atoms with Crippen LogP contribution in [0.3, 0.4) is 0 Å². The van der Waals surface area contributed by atoms with Gasteiger partial charge < -0.3 is 15.0 Å². The first-order chi connectivity index (χ1) is 9.01. The zero-order valence-corrected chi connectivity index (χ0v) is 11.3. The lowest BCUT2D eigenvalue weighted by molar-refractivity contribution is 0.0488. The number of aryl methyl sites for hydroxylation is 1. The molecule has 0 bridgehead atoms. The Morgan fingerprint density at radius 1 is 1.47 bits per heavy atom. The van der Waals surface area contributed by atoms with Crippen LogP contribution in [0.15, 0.2) is 16.9 Å². The van der Waals surface area contributed by atoms with E-state index in [-0.39, 0.29) is 30.0 Å². The topological polar surface area (TPSA) is 73.4 Å². The van der Waals surface area contributed by atoms with E-state index >= 15 is 0 Å². The fourth-order valence-corrected chi connectivity index (χ4v) is 2.59. The Morgan fingerprint density at radius 3 is 2.84 bits per heavy atom. The zero-order valence-electron chi connectivity index (χ0n) is 11.3. The summed E-state index contributed by atoms with van der Waals surface area (Å²) in [5.74, 6) is 0.0168. The highest BCUT2D eigenvalue weighted by Crippen LogP contribution is 2.23. The van der Waals surface area contributed by atoms with Crippen molar-refractivity contribution in [3.63, 3.8) is 0 Å². The minimum atomic E-state index is -0.258. The Hall–Kier alpha value is -1.62. The summed E-state index contributed by atoms with van der Waals surface area (Å²) in [7, 11) is 0. The van der Waals surface area contributed by atoms with Crippen LogP contribution >= 0.6 is 0 Å². The summed E-state index contributed by atoms with van der Waals surface area (Å²) >= 11 is 0. The molecule has 1 aromatic heterocycles. The van der Waals surface area contributed by atoms with Crippen LogP contribution in [0, 0.1) is 12.8 Å². The highest BCUT2D eigenvalue weighted by atomic mass is 16.3. The summed E-state index contributed by atoms with van der Waals surface area (Å²) in [6.45, 7) is 4.42. The number of aromatic nitrogens is 1. The van der Waals surface area contributed by atoms with Crippen molar-refractivity contribution in [2.24, 2.45) is 5.92 Å². The molecule has 104 valence electrons. The number of H-pyrrole nitrogens is 1. The molecule has 1 fully saturated rings. The monoisotopic (exact) mass is 264 g/mol. The SMILES string of the molecule is Cc1cc(C(=O)N2CC(CO)CCC2C)cc(=O)[nH]1. The molecule has 2 rings (SSSR count). The van der Waals surface area contributed by atoms with Crippen molar-refractivity contribution < 1.29 is 9.90 Å². The Balaban J connectivity index is 2.24. The molecule has 5 nitrogen and oxygen atoms in total. The van der Waals surface area contributed by atoms with Crippen molar-refractivity contribution in [3.05, 3.63) is 33.7 Å². The normalized spacial score (nSPS) is 23.4. The molecular formula is C14H20N2O3. The van der Waals surface area contributed by atoms with E-state index in [4.69, 9.17) is 0 Å². The number of nitrogens with zero attached hydrogens (tertiary/aromatic N) is 1. The van der Waals surface area contributed by atoms with Crippen LogP contribution in [0.25, 0.3) is 0 Å². The zero-order chi connectivity index (χ0) is 14.0. The Bertz CT molecular complexity index is 524. The van der Waals surface area contributed by atoms with Crippen LogP contribution in [0.5, 0.6) is 0 Å². The number of hydrogen-bond acceptors (Lipinski definition) is 3. The molecule has 19 heavy (non-hydrogen) atoms. The maximum Gasteiger partial charge on any atom is 0.254 e. The molecule has 0 aliphatic carbocycles. The summed E-state index contributed by atoms with van der Waals surface area (Å²) in [6.07, 6.45) is 1.83. The summed E-state index contributed by atoms with van der Waals surface area (Å²) in [6, 6.07) is 3.18. The van der Waals surface area contributed by atoms with E-state index in [1.165, 1.54) is 6.07 Å². The second-order valence-corrected chi connectivity index (χ2v) is 5.35. The molecule has 1 saturated heterocycles. The number of aliphatic hydroxyl groups excluding tert-OH is 1. The van der Waals surface area contributed by atoms with Gasteiger partial charge in [0.2, 0.25) is 5.56 Å². The largest absolute Gasteiger partial charge is 0.396 e. The number of aliphatic hydroxyl groups is 1. The lowest BCUT2D eigenvalue weighted by Gasteiger charge is -2.37. The minimum absolute atomic E-state index is 0.102. The maximum atomic E-state index is 12.5. The molecular weight excluding hydrogens is 244 g/mol. The van der Waals surface area contributed by atoms with Crippen molar-refractivity contribution >= 4 is 5.91 Å². The number of hydrogen-bond donors (Lipinski definition) is 2. The van der Waals surface area contributed by atoms with Crippen molar-refractivity contribution in [2.45, 2.75) is 32.7 Å². The second kappa shape index (κ2) is 5.57. The van der Waals surface area contributed by atoms with Crippen molar-refractivity contribution in [1.82, 2.24) is 9.88 Å². The Kier molecular flexibility index (Phi) is 4.04. The van der Waals surface area contributed by atoms with E-state index in [1.54, 1.807) is 17.9 Å². The van der Waals surface area contributed by atoms with Crippen molar-refractivity contribution in [2.75, 3.05) is 13.2 Å². The molecule has 0 aromatic carbocycles. The standard InChI is InChI=1S/C14H20N2O3/c1-9-5-12(6-13(18)15-9)14(19)16-7-11(8-17)4-3-10(16)2/h5-6,10-11,17H,3-4,7-8H2,1-2H3,(H,15,18). The van der Waals surface area contributed by atoms with Gasteiger partial charge in [-0.05, 0) is 38.7 Å². The molecule has 0 saturated carbocycles. The van der Waals surface area contributed by atoms with Gasteiger partial charge in [0.05, 0.1) is 0 Å². The van der Waals surface area contributed by atoms with E-state index < -0.39 is 0 Å². The minimum Gasteiger partial charge on any atom is -0.396 e. The number of pyridine rings is 1. The van der Waals surface area contributed by atoms with Crippen LogP contribution in [-0.2, 0) is 0 Å². The number of amides is 1. The molecule has 1 aromatic rings. The first kappa shape index (κ1) is 13.8. The van der Waals surface area contributed by atoms with Crippen LogP contribution in [0.1, 0.15) is 35.8 Å². The molecule has 2 heterocycles. The van der Waals surface area contributed by atoms with Gasteiger partial charge in [-0.2, -0.15) is 0 Å². The molecule has 1 aliphatic rings. The van der Waals surface area contributed by atoms with Crippen LogP contribution in [-0.4, -0.2) is 40.1 Å².